The minimum absolute atomic E-state index is 0.0509. The Hall–Kier alpha value is -3.50. The van der Waals surface area contributed by atoms with Crippen LogP contribution in [-0.2, 0) is 13.0 Å². The largest absolute Gasteiger partial charge is 0.385 e. The molecule has 0 radical (unpaired) electrons. The Morgan fingerprint density at radius 3 is 2.67 bits per heavy atom. The monoisotopic (exact) mass is 494 g/mol. The maximum absolute atomic E-state index is 14.9. The highest BCUT2D eigenvalue weighted by Gasteiger charge is 2.20. The minimum atomic E-state index is -0.681. The minimum Gasteiger partial charge on any atom is -0.385 e. The predicted molar refractivity (Wildman–Crippen MR) is 139 cm³/mol. The molecule has 0 fully saturated rings. The van der Waals surface area contributed by atoms with Crippen molar-refractivity contribution in [1.29, 1.82) is 5.41 Å². The van der Waals surface area contributed by atoms with E-state index in [0.29, 0.717) is 11.4 Å². The van der Waals surface area contributed by atoms with Crippen molar-refractivity contribution >= 4 is 23.2 Å². The zero-order valence-corrected chi connectivity index (χ0v) is 21.0. The molecule has 10 heteroatoms. The summed E-state index contributed by atoms with van der Waals surface area (Å²) in [7, 11) is 3.54. The topological polar surface area (TPSA) is 102 Å². The van der Waals surface area contributed by atoms with E-state index in [1.165, 1.54) is 11.6 Å². The molecule has 2 aromatic heterocycles. The van der Waals surface area contributed by atoms with Crippen LogP contribution in [0.2, 0.25) is 0 Å². The number of nitrogens with zero attached hydrogens (tertiary/aromatic N) is 4. The van der Waals surface area contributed by atoms with Gasteiger partial charge in [0.25, 0.3) is 0 Å². The summed E-state index contributed by atoms with van der Waals surface area (Å²) in [6, 6.07) is 6.70. The highest BCUT2D eigenvalue weighted by Crippen LogP contribution is 2.31. The molecule has 0 amide bonds. The summed E-state index contributed by atoms with van der Waals surface area (Å²) in [6.07, 6.45) is 1.89. The summed E-state index contributed by atoms with van der Waals surface area (Å²) in [5.41, 5.74) is 3.20. The van der Waals surface area contributed by atoms with Gasteiger partial charge in [0.05, 0.1) is 11.9 Å². The van der Waals surface area contributed by atoms with E-state index in [2.05, 4.69) is 30.8 Å². The number of anilines is 3. The zero-order valence-electron chi connectivity index (χ0n) is 21.0. The molecule has 0 aliphatic carbocycles. The van der Waals surface area contributed by atoms with Crippen LogP contribution in [0.3, 0.4) is 0 Å². The zero-order chi connectivity index (χ0) is 25.8. The SMILES string of the molecule is CNCCN1CCc2nc(Nc3ncc(F)c(-c4cc(F)c(NC)c(C(=N)C(C)C)c4)n3)ccc2C1. The number of pyridine rings is 1. The van der Waals surface area contributed by atoms with Crippen molar-refractivity contribution < 1.29 is 8.78 Å². The molecule has 1 aliphatic heterocycles. The Bertz CT molecular complexity index is 1260. The average molecular weight is 495 g/mol. The summed E-state index contributed by atoms with van der Waals surface area (Å²) in [5, 5.41) is 17.4. The quantitative estimate of drug-likeness (QED) is 0.331. The van der Waals surface area contributed by atoms with Crippen LogP contribution in [0, 0.1) is 23.0 Å². The van der Waals surface area contributed by atoms with Gasteiger partial charge in [-0.25, -0.2) is 23.7 Å². The third kappa shape index (κ3) is 5.50. The van der Waals surface area contributed by atoms with Crippen LogP contribution in [0.25, 0.3) is 11.3 Å². The van der Waals surface area contributed by atoms with E-state index in [1.807, 2.05) is 33.0 Å². The summed E-state index contributed by atoms with van der Waals surface area (Å²) >= 11 is 0. The summed E-state index contributed by atoms with van der Waals surface area (Å²) in [6.45, 7) is 7.41. The van der Waals surface area contributed by atoms with Gasteiger partial charge < -0.3 is 21.4 Å². The van der Waals surface area contributed by atoms with Crippen molar-refractivity contribution in [2.24, 2.45) is 5.92 Å². The molecule has 0 unspecified atom stereocenters. The molecule has 4 N–H and O–H groups in total. The highest BCUT2D eigenvalue weighted by molar-refractivity contribution is 6.05. The molecule has 36 heavy (non-hydrogen) atoms. The van der Waals surface area contributed by atoms with Gasteiger partial charge in [0.2, 0.25) is 5.95 Å². The molecule has 0 bridgehead atoms. The van der Waals surface area contributed by atoms with Gasteiger partial charge in [0.1, 0.15) is 17.3 Å². The summed E-state index contributed by atoms with van der Waals surface area (Å²) < 4.78 is 29.7. The predicted octanol–water partition coefficient (Wildman–Crippen LogP) is 4.20. The summed E-state index contributed by atoms with van der Waals surface area (Å²) in [4.78, 5) is 15.5. The molecular weight excluding hydrogens is 462 g/mol. The number of hydrogen-bond acceptors (Lipinski definition) is 8. The Balaban J connectivity index is 1.61. The second-order valence-electron chi connectivity index (χ2n) is 9.15. The number of halogens is 2. The van der Waals surface area contributed by atoms with Crippen molar-refractivity contribution in [3.8, 4) is 11.3 Å². The molecular formula is C26H32F2N8. The Kier molecular flexibility index (Phi) is 7.85. The van der Waals surface area contributed by atoms with Crippen LogP contribution < -0.4 is 16.0 Å². The Morgan fingerprint density at radius 2 is 1.94 bits per heavy atom. The van der Waals surface area contributed by atoms with Crippen molar-refractivity contribution in [3.05, 3.63) is 58.9 Å². The number of likely N-dealkylation sites (N-methyl/N-ethyl adjacent to an activating group) is 1. The van der Waals surface area contributed by atoms with E-state index in [-0.39, 0.29) is 34.5 Å². The normalized spacial score (nSPS) is 13.5. The van der Waals surface area contributed by atoms with E-state index in [1.54, 1.807) is 13.1 Å². The van der Waals surface area contributed by atoms with Crippen LogP contribution in [0.15, 0.2) is 30.5 Å². The third-order valence-electron chi connectivity index (χ3n) is 6.27. The number of fused-ring (bicyclic) bond motifs is 1. The van der Waals surface area contributed by atoms with Crippen molar-refractivity contribution in [3.63, 3.8) is 0 Å². The van der Waals surface area contributed by atoms with Gasteiger partial charge in [-0.05, 0) is 36.7 Å². The molecule has 3 heterocycles. The lowest BCUT2D eigenvalue weighted by Gasteiger charge is -2.28. The number of rotatable bonds is 9. The van der Waals surface area contributed by atoms with E-state index >= 15 is 0 Å². The molecule has 4 rings (SSSR count). The smallest absolute Gasteiger partial charge is 0.229 e. The van der Waals surface area contributed by atoms with Crippen LogP contribution in [0.1, 0.15) is 30.7 Å². The molecule has 1 aromatic carbocycles. The fourth-order valence-electron chi connectivity index (χ4n) is 4.27. The van der Waals surface area contributed by atoms with Gasteiger partial charge in [-0.1, -0.05) is 19.9 Å². The Labute approximate surface area is 210 Å². The van der Waals surface area contributed by atoms with Crippen molar-refractivity contribution in [2.45, 2.75) is 26.8 Å². The fraction of sp³-hybridized carbons (Fsp3) is 0.385. The van der Waals surface area contributed by atoms with Crippen LogP contribution in [-0.4, -0.2) is 59.3 Å². The molecule has 0 spiro atoms. The first-order chi connectivity index (χ1) is 17.3. The van der Waals surface area contributed by atoms with Gasteiger partial charge in [0, 0.05) is 62.2 Å². The molecule has 0 saturated heterocycles. The maximum Gasteiger partial charge on any atom is 0.229 e. The van der Waals surface area contributed by atoms with Gasteiger partial charge >= 0.3 is 0 Å². The lowest BCUT2D eigenvalue weighted by atomic mass is 9.95. The van der Waals surface area contributed by atoms with Gasteiger partial charge in [-0.15, -0.1) is 0 Å². The second-order valence-corrected chi connectivity index (χ2v) is 9.15. The Morgan fingerprint density at radius 1 is 1.14 bits per heavy atom. The van der Waals surface area contributed by atoms with E-state index < -0.39 is 11.6 Å². The van der Waals surface area contributed by atoms with Crippen LogP contribution >= 0.6 is 0 Å². The average Bonchev–Trinajstić information content (AvgIpc) is 2.87. The third-order valence-corrected chi connectivity index (χ3v) is 6.27. The van der Waals surface area contributed by atoms with Gasteiger partial charge in [0.15, 0.2) is 5.82 Å². The second kappa shape index (κ2) is 11.0. The molecule has 0 saturated carbocycles. The number of benzene rings is 1. The number of aromatic nitrogens is 3. The molecule has 1 aliphatic rings. The molecule has 190 valence electrons. The fourth-order valence-corrected chi connectivity index (χ4v) is 4.27. The number of nitrogens with one attached hydrogen (secondary N) is 4. The van der Waals surface area contributed by atoms with E-state index in [4.69, 9.17) is 10.4 Å². The first-order valence-corrected chi connectivity index (χ1v) is 12.1. The molecule has 8 nitrogen and oxygen atoms in total. The van der Waals surface area contributed by atoms with Crippen molar-refractivity contribution in [2.75, 3.05) is 44.4 Å². The van der Waals surface area contributed by atoms with Crippen molar-refractivity contribution in [1.82, 2.24) is 25.2 Å². The van der Waals surface area contributed by atoms with Crippen LogP contribution in [0.5, 0.6) is 0 Å². The lowest BCUT2D eigenvalue weighted by Crippen LogP contribution is -2.35. The summed E-state index contributed by atoms with van der Waals surface area (Å²) in [5.74, 6) is -0.676. The van der Waals surface area contributed by atoms with E-state index in [0.717, 1.165) is 44.5 Å². The number of hydrogen-bond donors (Lipinski definition) is 4. The van der Waals surface area contributed by atoms with Gasteiger partial charge in [-0.3, -0.25) is 4.90 Å². The first kappa shape index (κ1) is 25.6. The molecule has 3 aromatic rings. The molecule has 0 atom stereocenters. The standard InChI is InChI=1S/C26H32F2N8/c1-15(2)23(29)18-11-17(12-19(27)25(18)31-4)24-20(28)13-32-26(35-24)34-22-6-5-16-14-36(10-8-30-3)9-7-21(16)33-22/h5-6,11-13,15,29-31H,7-10,14H2,1-4H3,(H,32,33,34,35). The first-order valence-electron chi connectivity index (χ1n) is 12.1. The lowest BCUT2D eigenvalue weighted by molar-refractivity contribution is 0.254. The maximum atomic E-state index is 14.9. The van der Waals surface area contributed by atoms with E-state index in [9.17, 15) is 8.78 Å². The van der Waals surface area contributed by atoms with Crippen LogP contribution in [0.4, 0.5) is 26.2 Å². The van der Waals surface area contributed by atoms with Gasteiger partial charge in [-0.2, -0.15) is 0 Å². The highest BCUT2D eigenvalue weighted by atomic mass is 19.1.